The van der Waals surface area contributed by atoms with Gasteiger partial charge in [0.05, 0.1) is 13.2 Å². The van der Waals surface area contributed by atoms with Crippen molar-refractivity contribution in [1.82, 2.24) is 14.9 Å². The summed E-state index contributed by atoms with van der Waals surface area (Å²) in [6, 6.07) is 0.427. The molecule has 12 heavy (non-hydrogen) atoms. The molecule has 0 bridgehead atoms. The molecule has 2 heterocycles. The average molecular weight is 167 g/mol. The Morgan fingerprint density at radius 3 is 3.58 bits per heavy atom. The molecule has 2 rings (SSSR count). The number of hydrogen-bond donors (Lipinski definition) is 1. The Morgan fingerprint density at radius 2 is 2.75 bits per heavy atom. The monoisotopic (exact) mass is 167 g/mol. The van der Waals surface area contributed by atoms with Crippen LogP contribution in [0.3, 0.4) is 0 Å². The fraction of sp³-hybridized carbons (Fsp3) is 0.625. The Kier molecular flexibility index (Phi) is 2.10. The summed E-state index contributed by atoms with van der Waals surface area (Å²) in [5.74, 6) is 1.11. The first-order chi connectivity index (χ1) is 5.90. The summed E-state index contributed by atoms with van der Waals surface area (Å²) in [6.45, 7) is 2.57. The van der Waals surface area contributed by atoms with E-state index < -0.39 is 0 Å². The molecule has 0 spiro atoms. The Morgan fingerprint density at radius 1 is 1.83 bits per heavy atom. The number of hydrogen-bond acceptors (Lipinski definition) is 3. The minimum absolute atomic E-state index is 0.427. The van der Waals surface area contributed by atoms with Crippen LogP contribution in [0.5, 0.6) is 0 Å². The smallest absolute Gasteiger partial charge is 0.122 e. The average Bonchev–Trinajstić information content (AvgIpc) is 2.51. The second-order valence-electron chi connectivity index (χ2n) is 3.03. The van der Waals surface area contributed by atoms with Crippen molar-refractivity contribution in [2.75, 3.05) is 13.7 Å². The van der Waals surface area contributed by atoms with Crippen molar-refractivity contribution < 1.29 is 4.74 Å². The second kappa shape index (κ2) is 3.25. The molecule has 0 fully saturated rings. The zero-order valence-corrected chi connectivity index (χ0v) is 7.16. The molecule has 1 aliphatic rings. The van der Waals surface area contributed by atoms with Crippen LogP contribution < -0.4 is 5.32 Å². The maximum atomic E-state index is 5.08. The fourth-order valence-corrected chi connectivity index (χ4v) is 1.52. The summed E-state index contributed by atoms with van der Waals surface area (Å²) in [7, 11) is 1.73. The molecule has 1 aromatic heterocycles. The lowest BCUT2D eigenvalue weighted by Gasteiger charge is -2.24. The van der Waals surface area contributed by atoms with Crippen LogP contribution in [-0.2, 0) is 17.8 Å². The number of fused-ring (bicyclic) bond motifs is 1. The minimum atomic E-state index is 0.427. The molecular weight excluding hydrogens is 154 g/mol. The zero-order valence-electron chi connectivity index (χ0n) is 7.16. The van der Waals surface area contributed by atoms with Crippen molar-refractivity contribution in [2.24, 2.45) is 0 Å². The van der Waals surface area contributed by atoms with Crippen molar-refractivity contribution in [1.29, 1.82) is 0 Å². The van der Waals surface area contributed by atoms with Crippen molar-refractivity contribution in [3.8, 4) is 0 Å². The van der Waals surface area contributed by atoms with Crippen LogP contribution in [0, 0.1) is 0 Å². The highest BCUT2D eigenvalue weighted by Crippen LogP contribution is 2.06. The highest BCUT2D eigenvalue weighted by Gasteiger charge is 2.16. The lowest BCUT2D eigenvalue weighted by atomic mass is 10.2. The summed E-state index contributed by atoms with van der Waals surface area (Å²) in [4.78, 5) is 4.21. The topological polar surface area (TPSA) is 39.1 Å². The third-order valence-electron chi connectivity index (χ3n) is 2.14. The number of methoxy groups -OCH3 is 1. The van der Waals surface area contributed by atoms with Gasteiger partial charge >= 0.3 is 0 Å². The van der Waals surface area contributed by atoms with Gasteiger partial charge in [-0.2, -0.15) is 0 Å². The Balaban J connectivity index is 2.05. The quantitative estimate of drug-likeness (QED) is 0.674. The van der Waals surface area contributed by atoms with E-state index in [2.05, 4.69) is 14.9 Å². The number of ether oxygens (including phenoxy) is 1. The molecule has 0 aromatic carbocycles. The van der Waals surface area contributed by atoms with Gasteiger partial charge in [0.1, 0.15) is 5.82 Å². The molecule has 66 valence electrons. The highest BCUT2D eigenvalue weighted by molar-refractivity contribution is 4.96. The maximum Gasteiger partial charge on any atom is 0.122 e. The lowest BCUT2D eigenvalue weighted by Crippen LogP contribution is -2.41. The number of nitrogens with one attached hydrogen (secondary N) is 1. The largest absolute Gasteiger partial charge is 0.383 e. The van der Waals surface area contributed by atoms with Gasteiger partial charge in [-0.05, 0) is 0 Å². The van der Waals surface area contributed by atoms with Crippen molar-refractivity contribution >= 4 is 0 Å². The van der Waals surface area contributed by atoms with E-state index in [0.717, 1.165) is 25.5 Å². The third kappa shape index (κ3) is 1.35. The van der Waals surface area contributed by atoms with E-state index in [1.807, 2.05) is 12.4 Å². The first-order valence-electron chi connectivity index (χ1n) is 4.12. The molecule has 0 saturated carbocycles. The SMILES string of the molecule is COCC1Cn2ccnc2CN1. The van der Waals surface area contributed by atoms with Crippen LogP contribution in [0.1, 0.15) is 5.82 Å². The second-order valence-corrected chi connectivity index (χ2v) is 3.03. The van der Waals surface area contributed by atoms with Gasteiger partial charge in [0.25, 0.3) is 0 Å². The molecule has 1 atom stereocenters. The fourth-order valence-electron chi connectivity index (χ4n) is 1.52. The molecule has 1 aromatic rings. The van der Waals surface area contributed by atoms with E-state index in [-0.39, 0.29) is 0 Å². The summed E-state index contributed by atoms with van der Waals surface area (Å²) in [6.07, 6.45) is 3.85. The van der Waals surface area contributed by atoms with Gasteiger partial charge in [0.2, 0.25) is 0 Å². The molecule has 1 unspecified atom stereocenters. The summed E-state index contributed by atoms with van der Waals surface area (Å²) in [5, 5.41) is 3.35. The maximum absolute atomic E-state index is 5.08. The lowest BCUT2D eigenvalue weighted by molar-refractivity contribution is 0.150. The van der Waals surface area contributed by atoms with Crippen LogP contribution in [0.25, 0.3) is 0 Å². The first-order valence-corrected chi connectivity index (χ1v) is 4.12. The van der Waals surface area contributed by atoms with Crippen LogP contribution >= 0.6 is 0 Å². The number of rotatable bonds is 2. The molecule has 4 heteroatoms. The van der Waals surface area contributed by atoms with Gasteiger partial charge in [-0.1, -0.05) is 0 Å². The normalized spacial score (nSPS) is 22.2. The van der Waals surface area contributed by atoms with Gasteiger partial charge in [-0.3, -0.25) is 0 Å². The van der Waals surface area contributed by atoms with E-state index in [4.69, 9.17) is 4.74 Å². The highest BCUT2D eigenvalue weighted by atomic mass is 16.5. The van der Waals surface area contributed by atoms with Crippen LogP contribution in [-0.4, -0.2) is 29.3 Å². The number of nitrogens with zero attached hydrogens (tertiary/aromatic N) is 2. The van der Waals surface area contributed by atoms with Gasteiger partial charge in [-0.25, -0.2) is 4.98 Å². The molecular formula is C8H13N3O. The molecule has 0 radical (unpaired) electrons. The van der Waals surface area contributed by atoms with E-state index in [9.17, 15) is 0 Å². The van der Waals surface area contributed by atoms with Crippen molar-refractivity contribution in [3.63, 3.8) is 0 Å². The van der Waals surface area contributed by atoms with E-state index >= 15 is 0 Å². The summed E-state index contributed by atoms with van der Waals surface area (Å²) < 4.78 is 7.24. The first kappa shape index (κ1) is 7.76. The van der Waals surface area contributed by atoms with Crippen molar-refractivity contribution in [2.45, 2.75) is 19.1 Å². The van der Waals surface area contributed by atoms with Crippen molar-refractivity contribution in [3.05, 3.63) is 18.2 Å². The number of imidazole rings is 1. The molecule has 1 N–H and O–H groups in total. The van der Waals surface area contributed by atoms with Crippen LogP contribution in [0.4, 0.5) is 0 Å². The molecule has 1 aliphatic heterocycles. The molecule has 0 aliphatic carbocycles. The summed E-state index contributed by atoms with van der Waals surface area (Å²) >= 11 is 0. The molecule has 0 amide bonds. The minimum Gasteiger partial charge on any atom is -0.383 e. The zero-order chi connectivity index (χ0) is 8.39. The number of aromatic nitrogens is 2. The van der Waals surface area contributed by atoms with E-state index in [1.54, 1.807) is 7.11 Å². The van der Waals surface area contributed by atoms with Crippen LogP contribution in [0.15, 0.2) is 12.4 Å². The van der Waals surface area contributed by atoms with E-state index in [1.165, 1.54) is 0 Å². The van der Waals surface area contributed by atoms with E-state index in [0.29, 0.717) is 6.04 Å². The van der Waals surface area contributed by atoms with Crippen LogP contribution in [0.2, 0.25) is 0 Å². The van der Waals surface area contributed by atoms with Gasteiger partial charge in [0.15, 0.2) is 0 Å². The van der Waals surface area contributed by atoms with Gasteiger partial charge in [0, 0.05) is 32.1 Å². The van der Waals surface area contributed by atoms with Gasteiger partial charge < -0.3 is 14.6 Å². The Bertz CT molecular complexity index is 259. The Hall–Kier alpha value is -0.870. The summed E-state index contributed by atoms with van der Waals surface area (Å²) in [5.41, 5.74) is 0. The molecule has 4 nitrogen and oxygen atoms in total. The third-order valence-corrected chi connectivity index (χ3v) is 2.14. The molecule has 0 saturated heterocycles. The predicted molar refractivity (Wildman–Crippen MR) is 44.7 cm³/mol. The Labute approximate surface area is 71.6 Å². The standard InChI is InChI=1S/C8H13N3O/c1-12-6-7-5-11-3-2-9-8(11)4-10-7/h2-3,7,10H,4-6H2,1H3. The predicted octanol–water partition coefficient (Wildman–Crippen LogP) is 0.00130. The van der Waals surface area contributed by atoms with Gasteiger partial charge in [-0.15, -0.1) is 0 Å².